The second kappa shape index (κ2) is 3.54. The molecule has 0 saturated heterocycles. The van der Waals surface area contributed by atoms with Crippen molar-refractivity contribution in [3.05, 3.63) is 6.33 Å². The third kappa shape index (κ3) is 2.71. The Bertz CT molecular complexity index is 296. The van der Waals surface area contributed by atoms with Gasteiger partial charge in [0.15, 0.2) is 0 Å². The van der Waals surface area contributed by atoms with E-state index >= 15 is 0 Å². The first kappa shape index (κ1) is 11.5. The van der Waals surface area contributed by atoms with Gasteiger partial charge in [0.05, 0.1) is 0 Å². The SMILES string of the molecule is C[Si](C)(C)c1ncnc([Si](C)(C)C)n1. The van der Waals surface area contributed by atoms with Crippen molar-refractivity contribution in [1.82, 2.24) is 15.0 Å². The van der Waals surface area contributed by atoms with Gasteiger partial charge in [-0.2, -0.15) is 0 Å². The van der Waals surface area contributed by atoms with Crippen molar-refractivity contribution in [2.75, 3.05) is 0 Å². The summed E-state index contributed by atoms with van der Waals surface area (Å²) in [6.07, 6.45) is 1.67. The highest BCUT2D eigenvalue weighted by atomic mass is 28.3. The first-order chi connectivity index (χ1) is 6.21. The molecule has 1 heterocycles. The Hall–Kier alpha value is -0.556. The molecule has 0 spiro atoms. The summed E-state index contributed by atoms with van der Waals surface area (Å²) in [6, 6.07) is 0. The summed E-state index contributed by atoms with van der Waals surface area (Å²) < 4.78 is 0. The molecule has 0 unspecified atom stereocenters. The Morgan fingerprint density at radius 2 is 1.14 bits per heavy atom. The monoisotopic (exact) mass is 225 g/mol. The second-order valence-electron chi connectivity index (χ2n) is 5.63. The maximum atomic E-state index is 4.62. The fourth-order valence-electron chi connectivity index (χ4n) is 1.02. The molecule has 0 N–H and O–H groups in total. The molecule has 0 amide bonds. The van der Waals surface area contributed by atoms with E-state index in [0.29, 0.717) is 0 Å². The highest BCUT2D eigenvalue weighted by Gasteiger charge is 2.25. The molecule has 0 bridgehead atoms. The quantitative estimate of drug-likeness (QED) is 0.704. The third-order valence-corrected chi connectivity index (χ3v) is 5.08. The highest BCUT2D eigenvalue weighted by Crippen LogP contribution is 1.99. The van der Waals surface area contributed by atoms with Gasteiger partial charge in [-0.25, -0.2) is 15.0 Å². The molecule has 0 saturated carbocycles. The van der Waals surface area contributed by atoms with Gasteiger partial charge in [0, 0.05) is 0 Å². The van der Waals surface area contributed by atoms with Gasteiger partial charge in [0.25, 0.3) is 0 Å². The van der Waals surface area contributed by atoms with E-state index < -0.39 is 16.1 Å². The Balaban J connectivity index is 3.15. The molecule has 14 heavy (non-hydrogen) atoms. The summed E-state index contributed by atoms with van der Waals surface area (Å²) in [7, 11) is -2.77. The van der Waals surface area contributed by atoms with Crippen molar-refractivity contribution in [2.45, 2.75) is 39.3 Å². The lowest BCUT2D eigenvalue weighted by molar-refractivity contribution is 1.11. The van der Waals surface area contributed by atoms with Crippen molar-refractivity contribution in [3.63, 3.8) is 0 Å². The van der Waals surface area contributed by atoms with Crippen LogP contribution in [0.3, 0.4) is 0 Å². The van der Waals surface area contributed by atoms with Gasteiger partial charge in [-0.1, -0.05) is 39.3 Å². The highest BCUT2D eigenvalue weighted by molar-refractivity contribution is 6.89. The maximum absolute atomic E-state index is 4.62. The number of rotatable bonds is 2. The van der Waals surface area contributed by atoms with E-state index in [1.54, 1.807) is 6.33 Å². The molecule has 5 heteroatoms. The zero-order valence-corrected chi connectivity index (χ0v) is 11.9. The van der Waals surface area contributed by atoms with Crippen molar-refractivity contribution in [3.8, 4) is 0 Å². The number of aromatic nitrogens is 3. The standard InChI is InChI=1S/C9H19N3Si2/c1-13(2,3)8-10-7-11-9(12-8)14(4,5)6/h7H,1-6H3. The number of hydrogen-bond acceptors (Lipinski definition) is 3. The second-order valence-corrected chi connectivity index (χ2v) is 15.5. The number of hydrogen-bond donors (Lipinski definition) is 0. The molecule has 0 atom stereocenters. The molecule has 0 aliphatic heterocycles. The largest absolute Gasteiger partial charge is 0.229 e. The molecule has 3 nitrogen and oxygen atoms in total. The van der Waals surface area contributed by atoms with Crippen LogP contribution in [-0.4, -0.2) is 31.1 Å². The van der Waals surface area contributed by atoms with Crippen LogP contribution in [0.1, 0.15) is 0 Å². The zero-order chi connectivity index (χ0) is 11.0. The summed E-state index contributed by atoms with van der Waals surface area (Å²) in [5, 5.41) is 0. The van der Waals surface area contributed by atoms with Gasteiger partial charge in [-0.05, 0) is 0 Å². The first-order valence-corrected chi connectivity index (χ1v) is 11.9. The van der Waals surface area contributed by atoms with E-state index in [-0.39, 0.29) is 0 Å². The number of nitrogens with zero attached hydrogens (tertiary/aromatic N) is 3. The smallest absolute Gasteiger partial charge is 0.125 e. The van der Waals surface area contributed by atoms with Crippen LogP contribution < -0.4 is 10.9 Å². The molecule has 0 fully saturated rings. The fraction of sp³-hybridized carbons (Fsp3) is 0.667. The van der Waals surface area contributed by atoms with Crippen LogP contribution in [0.2, 0.25) is 39.3 Å². The van der Waals surface area contributed by atoms with Gasteiger partial charge in [0.2, 0.25) is 0 Å². The van der Waals surface area contributed by atoms with Crippen LogP contribution in [0.5, 0.6) is 0 Å². The summed E-state index contributed by atoms with van der Waals surface area (Å²) in [5.41, 5.74) is 2.06. The molecule has 78 valence electrons. The molecule has 1 rings (SSSR count). The van der Waals surface area contributed by atoms with Gasteiger partial charge in [0.1, 0.15) is 33.4 Å². The first-order valence-electron chi connectivity index (χ1n) is 4.91. The Morgan fingerprint density at radius 1 is 0.786 bits per heavy atom. The van der Waals surface area contributed by atoms with Crippen molar-refractivity contribution in [1.29, 1.82) is 0 Å². The van der Waals surface area contributed by atoms with E-state index in [1.807, 2.05) is 0 Å². The Kier molecular flexibility index (Phi) is 2.92. The molecule has 0 radical (unpaired) electrons. The molecule has 0 aromatic carbocycles. The lowest BCUT2D eigenvalue weighted by Gasteiger charge is -2.18. The van der Waals surface area contributed by atoms with Crippen LogP contribution in [0, 0.1) is 0 Å². The summed E-state index contributed by atoms with van der Waals surface area (Å²) in [6.45, 7) is 13.6. The zero-order valence-electron chi connectivity index (χ0n) is 9.92. The minimum Gasteiger partial charge on any atom is -0.229 e. The van der Waals surface area contributed by atoms with E-state index in [1.165, 1.54) is 0 Å². The molecule has 0 aliphatic rings. The van der Waals surface area contributed by atoms with Crippen LogP contribution in [0.4, 0.5) is 0 Å². The fourth-order valence-corrected chi connectivity index (χ4v) is 2.90. The van der Waals surface area contributed by atoms with Gasteiger partial charge >= 0.3 is 0 Å². The van der Waals surface area contributed by atoms with Crippen LogP contribution in [-0.2, 0) is 0 Å². The maximum Gasteiger partial charge on any atom is 0.125 e. The molecular formula is C9H19N3Si2. The summed E-state index contributed by atoms with van der Waals surface area (Å²) >= 11 is 0. The average Bonchev–Trinajstić information content (AvgIpc) is 2.01. The third-order valence-electron chi connectivity index (χ3n) is 1.91. The minimum absolute atomic E-state index is 1.03. The molecule has 1 aromatic rings. The summed E-state index contributed by atoms with van der Waals surface area (Å²) in [4.78, 5) is 13.2. The van der Waals surface area contributed by atoms with E-state index in [4.69, 9.17) is 0 Å². The molecule has 0 aliphatic carbocycles. The Labute approximate surface area is 88.0 Å². The van der Waals surface area contributed by atoms with Crippen LogP contribution in [0.25, 0.3) is 0 Å². The molecule has 1 aromatic heterocycles. The predicted molar refractivity (Wildman–Crippen MR) is 65.8 cm³/mol. The topological polar surface area (TPSA) is 38.7 Å². The Morgan fingerprint density at radius 3 is 1.43 bits per heavy atom. The van der Waals surface area contributed by atoms with E-state index in [9.17, 15) is 0 Å². The van der Waals surface area contributed by atoms with E-state index in [2.05, 4.69) is 54.2 Å². The van der Waals surface area contributed by atoms with Crippen molar-refractivity contribution < 1.29 is 0 Å². The lowest BCUT2D eigenvalue weighted by atomic mass is 11.1. The predicted octanol–water partition coefficient (Wildman–Crippen LogP) is 0.962. The van der Waals surface area contributed by atoms with Crippen molar-refractivity contribution in [2.24, 2.45) is 0 Å². The van der Waals surface area contributed by atoms with Crippen LogP contribution in [0.15, 0.2) is 6.33 Å². The summed E-state index contributed by atoms with van der Waals surface area (Å²) in [5.74, 6) is 0. The lowest BCUT2D eigenvalue weighted by Crippen LogP contribution is -2.51. The average molecular weight is 225 g/mol. The minimum atomic E-state index is -1.38. The van der Waals surface area contributed by atoms with Crippen molar-refractivity contribution >= 4 is 27.0 Å². The normalized spacial score (nSPS) is 13.0. The van der Waals surface area contributed by atoms with Gasteiger partial charge in [-0.3, -0.25) is 0 Å². The van der Waals surface area contributed by atoms with E-state index in [0.717, 1.165) is 10.9 Å². The molecular weight excluding hydrogens is 206 g/mol. The van der Waals surface area contributed by atoms with Gasteiger partial charge in [-0.15, -0.1) is 0 Å². The van der Waals surface area contributed by atoms with Crippen LogP contribution >= 0.6 is 0 Å². The van der Waals surface area contributed by atoms with Gasteiger partial charge < -0.3 is 0 Å².